The van der Waals surface area contributed by atoms with Crippen molar-refractivity contribution in [2.24, 2.45) is 17.3 Å². The maximum Gasteiger partial charge on any atom is 0.0732 e. The quantitative estimate of drug-likeness (QED) is 0.579. The first-order valence-electron chi connectivity index (χ1n) is 4.72. The summed E-state index contributed by atoms with van der Waals surface area (Å²) in [6, 6.07) is 0. The predicted molar refractivity (Wildman–Crippen MR) is 50.3 cm³/mol. The predicted octanol–water partition coefficient (Wildman–Crippen LogP) is 2.41. The fourth-order valence-electron chi connectivity index (χ4n) is 2.78. The highest BCUT2D eigenvalue weighted by Crippen LogP contribution is 2.67. The Morgan fingerprint density at radius 1 is 1.25 bits per heavy atom. The highest BCUT2D eigenvalue weighted by atomic mass is 35.5. The minimum atomic E-state index is -0.366. The van der Waals surface area contributed by atoms with Crippen molar-refractivity contribution >= 4 is 11.6 Å². The van der Waals surface area contributed by atoms with E-state index in [0.717, 1.165) is 24.7 Å². The Morgan fingerprint density at radius 2 is 1.83 bits per heavy atom. The van der Waals surface area contributed by atoms with E-state index in [1.807, 2.05) is 6.92 Å². The maximum absolute atomic E-state index is 9.73. The number of aliphatic hydroxyl groups is 1. The van der Waals surface area contributed by atoms with Crippen molar-refractivity contribution in [3.63, 3.8) is 0 Å². The fourth-order valence-corrected chi connectivity index (χ4v) is 3.04. The van der Waals surface area contributed by atoms with Gasteiger partial charge < -0.3 is 5.11 Å². The normalized spacial score (nSPS) is 56.2. The van der Waals surface area contributed by atoms with Gasteiger partial charge in [0.2, 0.25) is 0 Å². The van der Waals surface area contributed by atoms with Gasteiger partial charge in [0.1, 0.15) is 0 Å². The van der Waals surface area contributed by atoms with Gasteiger partial charge in [0.05, 0.1) is 11.0 Å². The monoisotopic (exact) mass is 188 g/mol. The van der Waals surface area contributed by atoms with Crippen LogP contribution in [0.2, 0.25) is 0 Å². The Balaban J connectivity index is 2.14. The van der Waals surface area contributed by atoms with Crippen LogP contribution in [0.25, 0.3) is 0 Å². The van der Waals surface area contributed by atoms with Crippen LogP contribution in [0.5, 0.6) is 0 Å². The lowest BCUT2D eigenvalue weighted by atomic mass is 9.87. The Hall–Kier alpha value is 0.250. The molecule has 0 amide bonds. The van der Waals surface area contributed by atoms with Crippen molar-refractivity contribution in [2.75, 3.05) is 0 Å². The number of aliphatic hydroxyl groups excluding tert-OH is 1. The summed E-state index contributed by atoms with van der Waals surface area (Å²) in [5, 5.41) is 9.73. The standard InChI is InChI=1S/C10H17ClO/c1-9(2)6-4-8(12)10(3,11)5-7(6)9/h6-8,12H,4-5H2,1-3H3. The summed E-state index contributed by atoms with van der Waals surface area (Å²) < 4.78 is 0. The van der Waals surface area contributed by atoms with Crippen LogP contribution in [0.15, 0.2) is 0 Å². The molecule has 2 aliphatic rings. The Kier molecular flexibility index (Phi) is 1.61. The van der Waals surface area contributed by atoms with E-state index in [1.54, 1.807) is 0 Å². The van der Waals surface area contributed by atoms with Gasteiger partial charge in [-0.05, 0) is 37.0 Å². The van der Waals surface area contributed by atoms with Crippen molar-refractivity contribution in [3.05, 3.63) is 0 Å². The van der Waals surface area contributed by atoms with Crippen LogP contribution in [-0.4, -0.2) is 16.1 Å². The largest absolute Gasteiger partial charge is 0.391 e. The lowest BCUT2D eigenvalue weighted by Gasteiger charge is -2.31. The number of hydrogen-bond donors (Lipinski definition) is 1. The molecule has 2 rings (SSSR count). The average molecular weight is 189 g/mol. The minimum Gasteiger partial charge on any atom is -0.391 e. The lowest BCUT2D eigenvalue weighted by molar-refractivity contribution is 0.0896. The molecule has 1 nitrogen and oxygen atoms in total. The number of halogens is 1. The third-order valence-electron chi connectivity index (χ3n) is 4.08. The molecule has 70 valence electrons. The topological polar surface area (TPSA) is 20.2 Å². The van der Waals surface area contributed by atoms with Crippen LogP contribution in [0.4, 0.5) is 0 Å². The van der Waals surface area contributed by atoms with Crippen LogP contribution in [-0.2, 0) is 0 Å². The summed E-state index contributed by atoms with van der Waals surface area (Å²) in [7, 11) is 0. The number of alkyl halides is 1. The van der Waals surface area contributed by atoms with Gasteiger partial charge in [-0.3, -0.25) is 0 Å². The van der Waals surface area contributed by atoms with Crippen molar-refractivity contribution in [1.82, 2.24) is 0 Å². The molecule has 0 heterocycles. The molecule has 2 heteroatoms. The molecule has 1 N–H and O–H groups in total. The average Bonchev–Trinajstić information content (AvgIpc) is 2.37. The molecule has 0 radical (unpaired) electrons. The second-order valence-corrected chi connectivity index (χ2v) is 6.13. The molecular weight excluding hydrogens is 172 g/mol. The van der Waals surface area contributed by atoms with E-state index < -0.39 is 0 Å². The Labute approximate surface area is 79.1 Å². The zero-order valence-electron chi connectivity index (χ0n) is 7.97. The van der Waals surface area contributed by atoms with Crippen molar-refractivity contribution in [1.29, 1.82) is 0 Å². The van der Waals surface area contributed by atoms with Gasteiger partial charge in [0, 0.05) is 0 Å². The molecule has 4 atom stereocenters. The van der Waals surface area contributed by atoms with Gasteiger partial charge >= 0.3 is 0 Å². The first kappa shape index (κ1) is 8.83. The molecule has 0 aromatic rings. The van der Waals surface area contributed by atoms with E-state index in [-0.39, 0.29) is 11.0 Å². The lowest BCUT2D eigenvalue weighted by Crippen LogP contribution is -2.37. The first-order valence-corrected chi connectivity index (χ1v) is 5.10. The molecule has 0 aromatic heterocycles. The molecule has 12 heavy (non-hydrogen) atoms. The fraction of sp³-hybridized carbons (Fsp3) is 1.00. The molecule has 0 spiro atoms. The number of fused-ring (bicyclic) bond motifs is 1. The highest BCUT2D eigenvalue weighted by molar-refractivity contribution is 6.24. The molecule has 2 aliphatic carbocycles. The zero-order valence-corrected chi connectivity index (χ0v) is 8.73. The van der Waals surface area contributed by atoms with Gasteiger partial charge in [-0.15, -0.1) is 11.6 Å². The van der Waals surface area contributed by atoms with Gasteiger partial charge in [-0.1, -0.05) is 13.8 Å². The number of rotatable bonds is 0. The summed E-state index contributed by atoms with van der Waals surface area (Å²) in [5.74, 6) is 1.47. The second kappa shape index (κ2) is 2.19. The van der Waals surface area contributed by atoms with Crippen molar-refractivity contribution in [2.45, 2.75) is 44.6 Å². The zero-order chi connectivity index (χ0) is 9.15. The first-order chi connectivity index (χ1) is 5.36. The van der Waals surface area contributed by atoms with E-state index in [1.165, 1.54) is 0 Å². The Bertz CT molecular complexity index is 210. The van der Waals surface area contributed by atoms with Gasteiger partial charge in [0.25, 0.3) is 0 Å². The maximum atomic E-state index is 9.73. The summed E-state index contributed by atoms with van der Waals surface area (Å²) in [6.45, 7) is 6.53. The molecule has 0 aliphatic heterocycles. The van der Waals surface area contributed by atoms with Crippen LogP contribution >= 0.6 is 11.6 Å². The van der Waals surface area contributed by atoms with Crippen LogP contribution in [0.3, 0.4) is 0 Å². The smallest absolute Gasteiger partial charge is 0.0732 e. The summed E-state index contributed by atoms with van der Waals surface area (Å²) >= 11 is 6.22. The third-order valence-corrected chi connectivity index (χ3v) is 4.49. The van der Waals surface area contributed by atoms with Crippen LogP contribution < -0.4 is 0 Å². The van der Waals surface area contributed by atoms with E-state index in [0.29, 0.717) is 5.41 Å². The number of hydrogen-bond acceptors (Lipinski definition) is 1. The highest BCUT2D eigenvalue weighted by Gasteiger charge is 2.63. The van der Waals surface area contributed by atoms with Gasteiger partial charge in [-0.2, -0.15) is 0 Å². The molecular formula is C10H17ClO. The molecule has 2 saturated carbocycles. The van der Waals surface area contributed by atoms with Crippen molar-refractivity contribution in [3.8, 4) is 0 Å². The molecule has 0 aromatic carbocycles. The van der Waals surface area contributed by atoms with Crippen LogP contribution in [0, 0.1) is 17.3 Å². The van der Waals surface area contributed by atoms with Crippen LogP contribution in [0.1, 0.15) is 33.6 Å². The van der Waals surface area contributed by atoms with E-state index >= 15 is 0 Å². The van der Waals surface area contributed by atoms with E-state index in [2.05, 4.69) is 13.8 Å². The molecule has 0 bridgehead atoms. The van der Waals surface area contributed by atoms with Crippen molar-refractivity contribution < 1.29 is 5.11 Å². The molecule has 2 fully saturated rings. The Morgan fingerprint density at radius 3 is 2.33 bits per heavy atom. The second-order valence-electron chi connectivity index (χ2n) is 5.27. The molecule has 4 unspecified atom stereocenters. The SMILES string of the molecule is CC1(Cl)CC2C(CC1O)C2(C)C. The van der Waals surface area contributed by atoms with E-state index in [9.17, 15) is 5.11 Å². The summed E-state index contributed by atoms with van der Waals surface area (Å²) in [4.78, 5) is -0.366. The van der Waals surface area contributed by atoms with Gasteiger partial charge in [-0.25, -0.2) is 0 Å². The summed E-state index contributed by atoms with van der Waals surface area (Å²) in [6.07, 6.45) is 1.58. The van der Waals surface area contributed by atoms with Gasteiger partial charge in [0.15, 0.2) is 0 Å². The third kappa shape index (κ3) is 1.03. The van der Waals surface area contributed by atoms with E-state index in [4.69, 9.17) is 11.6 Å². The minimum absolute atomic E-state index is 0.304. The summed E-state index contributed by atoms with van der Waals surface area (Å²) in [5.41, 5.74) is 0.438. The molecule has 0 saturated heterocycles.